The minimum absolute atomic E-state index is 0.200. The minimum Gasteiger partial charge on any atom is -0.326 e. The molecule has 2 aromatic rings. The van der Waals surface area contributed by atoms with Gasteiger partial charge in [-0.1, -0.05) is 6.07 Å². The molecule has 0 aliphatic carbocycles. The van der Waals surface area contributed by atoms with E-state index in [0.29, 0.717) is 18.2 Å². The summed E-state index contributed by atoms with van der Waals surface area (Å²) in [7, 11) is 0. The SMILES string of the molecule is CCn1c(Sc2ccc(CN)cn2)n[nH]c1=O. The summed E-state index contributed by atoms with van der Waals surface area (Å²) in [6.45, 7) is 2.95. The van der Waals surface area contributed by atoms with E-state index in [1.165, 1.54) is 11.8 Å². The van der Waals surface area contributed by atoms with Crippen LogP contribution in [0.3, 0.4) is 0 Å². The summed E-state index contributed by atoms with van der Waals surface area (Å²) in [5, 5.41) is 7.77. The van der Waals surface area contributed by atoms with Crippen LogP contribution >= 0.6 is 11.8 Å². The third kappa shape index (κ3) is 2.56. The highest BCUT2D eigenvalue weighted by Crippen LogP contribution is 2.22. The first kappa shape index (κ1) is 11.9. The van der Waals surface area contributed by atoms with Crippen LogP contribution in [0.5, 0.6) is 0 Å². The first-order valence-electron chi connectivity index (χ1n) is 5.22. The van der Waals surface area contributed by atoms with Crippen molar-refractivity contribution >= 4 is 11.8 Å². The van der Waals surface area contributed by atoms with Gasteiger partial charge in [-0.15, -0.1) is 5.10 Å². The zero-order valence-electron chi connectivity index (χ0n) is 9.38. The Morgan fingerprint density at radius 3 is 2.94 bits per heavy atom. The van der Waals surface area contributed by atoms with Crippen LogP contribution in [0.25, 0.3) is 0 Å². The van der Waals surface area contributed by atoms with E-state index in [2.05, 4.69) is 15.2 Å². The average molecular weight is 251 g/mol. The van der Waals surface area contributed by atoms with Gasteiger partial charge in [-0.2, -0.15) is 0 Å². The second-order valence-electron chi connectivity index (χ2n) is 3.37. The lowest BCUT2D eigenvalue weighted by molar-refractivity contribution is 0.660. The Morgan fingerprint density at radius 2 is 2.35 bits per heavy atom. The smallest absolute Gasteiger partial charge is 0.326 e. The number of aromatic amines is 1. The van der Waals surface area contributed by atoms with Crippen molar-refractivity contribution in [2.75, 3.05) is 0 Å². The maximum absolute atomic E-state index is 11.4. The van der Waals surface area contributed by atoms with Crippen LogP contribution in [-0.2, 0) is 13.1 Å². The molecule has 0 aliphatic heterocycles. The summed E-state index contributed by atoms with van der Waals surface area (Å²) >= 11 is 1.35. The molecule has 2 aromatic heterocycles. The van der Waals surface area contributed by atoms with Gasteiger partial charge < -0.3 is 5.73 Å². The number of hydrogen-bond donors (Lipinski definition) is 2. The lowest BCUT2D eigenvalue weighted by Crippen LogP contribution is -2.16. The van der Waals surface area contributed by atoms with Crippen LogP contribution in [0.15, 0.2) is 33.3 Å². The fraction of sp³-hybridized carbons (Fsp3) is 0.300. The number of hydrogen-bond acceptors (Lipinski definition) is 5. The predicted molar refractivity (Wildman–Crippen MR) is 64.8 cm³/mol. The van der Waals surface area contributed by atoms with Crippen molar-refractivity contribution in [3.05, 3.63) is 34.4 Å². The minimum atomic E-state index is -0.200. The van der Waals surface area contributed by atoms with Gasteiger partial charge in [0.1, 0.15) is 5.03 Å². The first-order valence-corrected chi connectivity index (χ1v) is 6.04. The molecule has 17 heavy (non-hydrogen) atoms. The first-order chi connectivity index (χ1) is 8.24. The Morgan fingerprint density at radius 1 is 1.53 bits per heavy atom. The van der Waals surface area contributed by atoms with Crippen LogP contribution in [0.2, 0.25) is 0 Å². The second kappa shape index (κ2) is 5.15. The summed E-state index contributed by atoms with van der Waals surface area (Å²) in [6, 6.07) is 3.78. The number of rotatable bonds is 4. The summed E-state index contributed by atoms with van der Waals surface area (Å²) in [5.74, 6) is 0. The molecule has 0 aromatic carbocycles. The van der Waals surface area contributed by atoms with E-state index in [4.69, 9.17) is 5.73 Å². The highest BCUT2D eigenvalue weighted by Gasteiger charge is 2.08. The Bertz CT molecular complexity index is 545. The van der Waals surface area contributed by atoms with Crippen molar-refractivity contribution in [1.82, 2.24) is 19.7 Å². The van der Waals surface area contributed by atoms with E-state index in [1.807, 2.05) is 19.1 Å². The van der Waals surface area contributed by atoms with Crippen molar-refractivity contribution in [1.29, 1.82) is 0 Å². The molecule has 0 saturated heterocycles. The van der Waals surface area contributed by atoms with E-state index in [0.717, 1.165) is 10.6 Å². The van der Waals surface area contributed by atoms with E-state index >= 15 is 0 Å². The topological polar surface area (TPSA) is 89.6 Å². The summed E-state index contributed by atoms with van der Waals surface area (Å²) in [5.41, 5.74) is 6.27. The van der Waals surface area contributed by atoms with Crippen molar-refractivity contribution in [2.24, 2.45) is 5.73 Å². The summed E-state index contributed by atoms with van der Waals surface area (Å²) in [4.78, 5) is 15.6. The second-order valence-corrected chi connectivity index (χ2v) is 4.35. The zero-order valence-corrected chi connectivity index (χ0v) is 10.2. The Hall–Kier alpha value is -1.60. The van der Waals surface area contributed by atoms with Crippen molar-refractivity contribution in [3.8, 4) is 0 Å². The Balaban J connectivity index is 2.22. The summed E-state index contributed by atoms with van der Waals surface area (Å²) < 4.78 is 1.56. The monoisotopic (exact) mass is 251 g/mol. The molecule has 0 atom stereocenters. The van der Waals surface area contributed by atoms with E-state index in [1.54, 1.807) is 10.8 Å². The molecule has 0 saturated carbocycles. The molecule has 2 rings (SSSR count). The largest absolute Gasteiger partial charge is 0.343 e. The normalized spacial score (nSPS) is 10.7. The van der Waals surface area contributed by atoms with Crippen LogP contribution in [0.4, 0.5) is 0 Å². The summed E-state index contributed by atoms with van der Waals surface area (Å²) in [6.07, 6.45) is 1.73. The number of pyridine rings is 1. The van der Waals surface area contributed by atoms with Gasteiger partial charge in [0.05, 0.1) is 0 Å². The van der Waals surface area contributed by atoms with Gasteiger partial charge in [0.15, 0.2) is 5.16 Å². The van der Waals surface area contributed by atoms with E-state index in [9.17, 15) is 4.79 Å². The molecule has 0 amide bonds. The molecule has 2 heterocycles. The molecule has 0 spiro atoms. The van der Waals surface area contributed by atoms with Crippen LogP contribution < -0.4 is 11.4 Å². The van der Waals surface area contributed by atoms with Crippen molar-refractivity contribution in [2.45, 2.75) is 30.2 Å². The maximum atomic E-state index is 11.4. The van der Waals surface area contributed by atoms with Gasteiger partial charge in [0.2, 0.25) is 0 Å². The highest BCUT2D eigenvalue weighted by atomic mass is 32.2. The average Bonchev–Trinajstić information content (AvgIpc) is 2.71. The molecule has 90 valence electrons. The maximum Gasteiger partial charge on any atom is 0.343 e. The van der Waals surface area contributed by atoms with Gasteiger partial charge in [-0.25, -0.2) is 14.9 Å². The van der Waals surface area contributed by atoms with Gasteiger partial charge in [0.25, 0.3) is 0 Å². The molecule has 0 aliphatic rings. The van der Waals surface area contributed by atoms with Crippen LogP contribution in [0, 0.1) is 0 Å². The van der Waals surface area contributed by atoms with Gasteiger partial charge >= 0.3 is 5.69 Å². The molecule has 0 bridgehead atoms. The number of aromatic nitrogens is 4. The van der Waals surface area contributed by atoms with Crippen LogP contribution in [0.1, 0.15) is 12.5 Å². The third-order valence-electron chi connectivity index (χ3n) is 2.27. The Labute approximate surface area is 102 Å². The highest BCUT2D eigenvalue weighted by molar-refractivity contribution is 7.99. The molecular weight excluding hydrogens is 238 g/mol. The van der Waals surface area contributed by atoms with Gasteiger partial charge in [-0.05, 0) is 30.3 Å². The molecule has 0 fully saturated rings. The van der Waals surface area contributed by atoms with E-state index < -0.39 is 0 Å². The molecular formula is C10H13N5OS. The zero-order chi connectivity index (χ0) is 12.3. The third-order valence-corrected chi connectivity index (χ3v) is 3.21. The number of nitrogens with one attached hydrogen (secondary N) is 1. The Kier molecular flexibility index (Phi) is 3.60. The van der Waals surface area contributed by atoms with Gasteiger partial charge in [0, 0.05) is 19.3 Å². The fourth-order valence-electron chi connectivity index (χ4n) is 1.35. The molecule has 7 heteroatoms. The molecule has 6 nitrogen and oxygen atoms in total. The quantitative estimate of drug-likeness (QED) is 0.830. The standard InChI is InChI=1S/C10H13N5OS/c1-2-15-9(16)13-14-10(15)17-8-4-3-7(5-11)6-12-8/h3-4,6H,2,5,11H2,1H3,(H,13,16). The van der Waals surface area contributed by atoms with Gasteiger partial charge in [-0.3, -0.25) is 4.57 Å². The number of H-pyrrole nitrogens is 1. The molecule has 0 unspecified atom stereocenters. The predicted octanol–water partition coefficient (Wildman–Crippen LogP) is 0.596. The molecule has 0 radical (unpaired) electrons. The number of nitrogens with zero attached hydrogens (tertiary/aromatic N) is 3. The van der Waals surface area contributed by atoms with Crippen molar-refractivity contribution < 1.29 is 0 Å². The fourth-order valence-corrected chi connectivity index (χ4v) is 2.19. The molecule has 3 N–H and O–H groups in total. The lowest BCUT2D eigenvalue weighted by Gasteiger charge is -2.02. The lowest BCUT2D eigenvalue weighted by atomic mass is 10.3. The van der Waals surface area contributed by atoms with Crippen molar-refractivity contribution in [3.63, 3.8) is 0 Å². The van der Waals surface area contributed by atoms with Crippen LogP contribution in [-0.4, -0.2) is 19.7 Å². The van der Waals surface area contributed by atoms with E-state index in [-0.39, 0.29) is 5.69 Å². The number of nitrogens with two attached hydrogens (primary N) is 1.